The zero-order valence-corrected chi connectivity index (χ0v) is 28.6. The molecule has 4 rings (SSSR count). The molecule has 6 N–H and O–H groups in total. The van der Waals surface area contributed by atoms with Crippen molar-refractivity contribution in [1.29, 1.82) is 0 Å². The lowest BCUT2D eigenvalue weighted by Gasteiger charge is -2.34. The van der Waals surface area contributed by atoms with Crippen LogP contribution >= 0.6 is 0 Å². The Labute approximate surface area is 297 Å². The number of nitrogens with two attached hydrogens (primary N) is 2. The van der Waals surface area contributed by atoms with Crippen molar-refractivity contribution in [1.82, 2.24) is 15.3 Å². The molecule has 12 nitrogen and oxygen atoms in total. The van der Waals surface area contributed by atoms with E-state index in [0.29, 0.717) is 76.7 Å². The van der Waals surface area contributed by atoms with Crippen LogP contribution in [-0.2, 0) is 33.2 Å². The SMILES string of the molecule is NC(N)=N[C@@H](CCC(=O)NCCCC1CCN(c2cc(N3CCC[C@H]3C(=O)CCCc3ccc(C(F)(F)F)cc3)nc(C(F)(F)F)n2)CC1)C(=O)O. The van der Waals surface area contributed by atoms with Crippen molar-refractivity contribution in [2.45, 2.75) is 95.1 Å². The third kappa shape index (κ3) is 11.7. The number of rotatable bonds is 16. The second-order valence-corrected chi connectivity index (χ2v) is 13.1. The minimum absolute atomic E-state index is 0.0294. The second kappa shape index (κ2) is 17.7. The van der Waals surface area contributed by atoms with Gasteiger partial charge < -0.3 is 31.7 Å². The van der Waals surface area contributed by atoms with Crippen LogP contribution in [0.1, 0.15) is 81.2 Å². The molecule has 2 atom stereocenters. The predicted molar refractivity (Wildman–Crippen MR) is 180 cm³/mol. The first-order valence-corrected chi connectivity index (χ1v) is 17.3. The van der Waals surface area contributed by atoms with E-state index >= 15 is 0 Å². The standard InChI is InChI=1S/C34H44F6N8O4/c35-33(36,37)23-10-8-21(9-11-23)4-1-7-26(49)25-6-3-17-48(25)28-20-27(45-31(46-28)34(38,39)40)47-18-14-22(15-19-47)5-2-16-43-29(50)13-12-24(30(51)52)44-32(41)42/h8-11,20,22,24-25H,1-7,12-19H2,(H,43,50)(H,51,52)(H4,41,42,44)/t24-,25-/m0/s1. The highest BCUT2D eigenvalue weighted by molar-refractivity contribution is 5.87. The van der Waals surface area contributed by atoms with Gasteiger partial charge in [0, 0.05) is 45.1 Å². The largest absolute Gasteiger partial charge is 0.480 e. The smallest absolute Gasteiger partial charge is 0.451 e. The molecule has 3 heterocycles. The van der Waals surface area contributed by atoms with Gasteiger partial charge >= 0.3 is 18.3 Å². The molecule has 1 aromatic carbocycles. The van der Waals surface area contributed by atoms with Crippen LogP contribution in [0.15, 0.2) is 35.3 Å². The number of benzene rings is 1. The van der Waals surface area contributed by atoms with Crippen molar-refractivity contribution < 1.29 is 45.8 Å². The van der Waals surface area contributed by atoms with Gasteiger partial charge in [-0.2, -0.15) is 26.3 Å². The summed E-state index contributed by atoms with van der Waals surface area (Å²) in [5.74, 6) is -2.95. The van der Waals surface area contributed by atoms with Gasteiger partial charge in [-0.05, 0) is 81.4 Å². The first-order valence-electron chi connectivity index (χ1n) is 17.3. The normalized spacial score (nSPS) is 17.5. The second-order valence-electron chi connectivity index (χ2n) is 13.1. The lowest BCUT2D eigenvalue weighted by molar-refractivity contribution is -0.145. The minimum atomic E-state index is -4.81. The topological polar surface area (TPSA) is 180 Å². The Hall–Kier alpha value is -4.64. The molecule has 0 unspecified atom stereocenters. The van der Waals surface area contributed by atoms with Crippen molar-refractivity contribution in [2.75, 3.05) is 36.0 Å². The number of halogens is 6. The van der Waals surface area contributed by atoms with Gasteiger partial charge in [0.15, 0.2) is 17.8 Å². The number of piperidine rings is 1. The maximum atomic E-state index is 14.0. The van der Waals surface area contributed by atoms with Gasteiger partial charge in [0.05, 0.1) is 11.6 Å². The van der Waals surface area contributed by atoms with Gasteiger partial charge in [0.25, 0.3) is 0 Å². The van der Waals surface area contributed by atoms with Gasteiger partial charge in [-0.25, -0.2) is 19.8 Å². The molecule has 2 aliphatic rings. The summed E-state index contributed by atoms with van der Waals surface area (Å²) in [6.45, 7) is 1.64. The number of hydrogen-bond acceptors (Lipinski definition) is 8. The third-order valence-electron chi connectivity index (χ3n) is 9.33. The van der Waals surface area contributed by atoms with Gasteiger partial charge in [0.1, 0.15) is 11.6 Å². The molecule has 18 heteroatoms. The number of alkyl halides is 6. The number of carboxylic acid groups (broad SMARTS) is 1. The molecule has 0 radical (unpaired) electrons. The molecule has 286 valence electrons. The highest BCUT2D eigenvalue weighted by Crippen LogP contribution is 2.35. The van der Waals surface area contributed by atoms with Crippen LogP contribution in [0.2, 0.25) is 0 Å². The zero-order valence-electron chi connectivity index (χ0n) is 28.6. The number of anilines is 2. The number of carbonyl (C=O) groups excluding carboxylic acids is 2. The van der Waals surface area contributed by atoms with E-state index < -0.39 is 41.8 Å². The third-order valence-corrected chi connectivity index (χ3v) is 9.33. The summed E-state index contributed by atoms with van der Waals surface area (Å²) >= 11 is 0. The van der Waals surface area contributed by atoms with Gasteiger partial charge in [-0.1, -0.05) is 12.1 Å². The minimum Gasteiger partial charge on any atom is -0.480 e. The summed E-state index contributed by atoms with van der Waals surface area (Å²) in [6.07, 6.45) is -4.63. The van der Waals surface area contributed by atoms with E-state index in [9.17, 15) is 40.7 Å². The average molecular weight is 743 g/mol. The Morgan fingerprint density at radius 3 is 2.21 bits per heavy atom. The monoisotopic (exact) mass is 742 g/mol. The molecule has 0 spiro atoms. The highest BCUT2D eigenvalue weighted by Gasteiger charge is 2.39. The van der Waals surface area contributed by atoms with Crippen molar-refractivity contribution >= 4 is 35.3 Å². The van der Waals surface area contributed by atoms with E-state index in [4.69, 9.17) is 16.6 Å². The van der Waals surface area contributed by atoms with Gasteiger partial charge in [-0.3, -0.25) is 9.59 Å². The Balaban J connectivity index is 1.29. The lowest BCUT2D eigenvalue weighted by Crippen LogP contribution is -2.38. The summed E-state index contributed by atoms with van der Waals surface area (Å²) in [7, 11) is 0. The number of aliphatic imine (C=N–C) groups is 1. The Morgan fingerprint density at radius 2 is 1.60 bits per heavy atom. The number of nitrogens with one attached hydrogen (secondary N) is 1. The fourth-order valence-electron chi connectivity index (χ4n) is 6.58. The van der Waals surface area contributed by atoms with E-state index in [0.717, 1.165) is 18.6 Å². The molecule has 52 heavy (non-hydrogen) atoms. The highest BCUT2D eigenvalue weighted by atomic mass is 19.4. The number of Topliss-reactive ketones (excluding diaryl/α,β-unsaturated/α-hetero) is 1. The van der Waals surface area contributed by atoms with Gasteiger partial charge in [-0.15, -0.1) is 0 Å². The fourth-order valence-corrected chi connectivity index (χ4v) is 6.58. The first kappa shape index (κ1) is 40.1. The maximum Gasteiger partial charge on any atom is 0.451 e. The molecule has 2 aromatic rings. The molecule has 2 aliphatic heterocycles. The molecule has 1 aromatic heterocycles. The van der Waals surface area contributed by atoms with E-state index in [1.165, 1.54) is 18.2 Å². The number of carboxylic acids is 1. The first-order chi connectivity index (χ1) is 24.5. The Morgan fingerprint density at radius 1 is 0.923 bits per heavy atom. The zero-order chi connectivity index (χ0) is 38.1. The summed E-state index contributed by atoms with van der Waals surface area (Å²) in [6, 6.07) is 4.37. The Bertz CT molecular complexity index is 1560. The molecule has 2 saturated heterocycles. The van der Waals surface area contributed by atoms with Crippen LogP contribution in [0.5, 0.6) is 0 Å². The number of aromatic nitrogens is 2. The molecule has 1 amide bonds. The number of amides is 1. The van der Waals surface area contributed by atoms with E-state index in [-0.39, 0.29) is 54.5 Å². The molecule has 0 saturated carbocycles. The summed E-state index contributed by atoms with van der Waals surface area (Å²) in [5.41, 5.74) is 10.4. The number of guanidine groups is 1. The number of ketones is 1. The molecule has 0 bridgehead atoms. The molecular formula is C34H44F6N8O4. The van der Waals surface area contributed by atoms with Crippen molar-refractivity contribution in [3.63, 3.8) is 0 Å². The van der Waals surface area contributed by atoms with Gasteiger partial charge in [0.2, 0.25) is 11.7 Å². The van der Waals surface area contributed by atoms with Crippen LogP contribution in [0.25, 0.3) is 0 Å². The maximum absolute atomic E-state index is 14.0. The van der Waals surface area contributed by atoms with E-state index in [1.807, 2.05) is 0 Å². The average Bonchev–Trinajstić information content (AvgIpc) is 3.58. The molecular weight excluding hydrogens is 698 g/mol. The molecule has 0 aliphatic carbocycles. The van der Waals surface area contributed by atoms with E-state index in [2.05, 4.69) is 20.3 Å². The Kier molecular flexibility index (Phi) is 13.7. The van der Waals surface area contributed by atoms with Crippen LogP contribution in [0, 0.1) is 5.92 Å². The predicted octanol–water partition coefficient (Wildman–Crippen LogP) is 4.69. The summed E-state index contributed by atoms with van der Waals surface area (Å²) in [5, 5.41) is 11.9. The lowest BCUT2D eigenvalue weighted by atomic mass is 9.92. The van der Waals surface area contributed by atoms with E-state index in [1.54, 1.807) is 9.80 Å². The number of aryl methyl sites for hydroxylation is 1. The van der Waals surface area contributed by atoms with Crippen LogP contribution in [-0.4, -0.2) is 77.0 Å². The van der Waals surface area contributed by atoms with Crippen molar-refractivity contribution in [2.24, 2.45) is 22.4 Å². The van der Waals surface area contributed by atoms with Crippen LogP contribution in [0.3, 0.4) is 0 Å². The number of carbonyl (C=O) groups is 3. The van der Waals surface area contributed by atoms with Crippen LogP contribution in [0.4, 0.5) is 38.0 Å². The quantitative estimate of drug-likeness (QED) is 0.0816. The number of nitrogens with zero attached hydrogens (tertiary/aromatic N) is 5. The number of aliphatic carboxylic acids is 1. The van der Waals surface area contributed by atoms with Crippen LogP contribution < -0.4 is 26.6 Å². The van der Waals surface area contributed by atoms with Crippen molar-refractivity contribution in [3.8, 4) is 0 Å². The molecule has 2 fully saturated rings. The summed E-state index contributed by atoms with van der Waals surface area (Å²) in [4.78, 5) is 51.3. The number of hydrogen-bond donors (Lipinski definition) is 4. The fraction of sp³-hybridized carbons (Fsp3) is 0.588. The summed E-state index contributed by atoms with van der Waals surface area (Å²) < 4.78 is 80.5. The van der Waals surface area contributed by atoms with Crippen molar-refractivity contribution in [3.05, 3.63) is 47.3 Å².